The lowest BCUT2D eigenvalue weighted by molar-refractivity contribution is -0.140. The number of hydrogen-bond acceptors (Lipinski definition) is 7. The molecule has 0 spiro atoms. The molecule has 1 N–H and O–H groups in total. The first kappa shape index (κ1) is 28.1. The number of methoxy groups -OCH3 is 1. The number of carbonyl (C=O) groups excluding carboxylic acids is 2. The van der Waals surface area contributed by atoms with Gasteiger partial charge in [0, 0.05) is 19.2 Å². The normalized spacial score (nSPS) is 13.4. The summed E-state index contributed by atoms with van der Waals surface area (Å²) < 4.78 is 43.8. The van der Waals surface area contributed by atoms with Gasteiger partial charge in [-0.3, -0.25) is 13.9 Å². The highest BCUT2D eigenvalue weighted by molar-refractivity contribution is 7.92. The predicted molar refractivity (Wildman–Crippen MR) is 141 cm³/mol. The third kappa shape index (κ3) is 6.85. The number of benzene rings is 2. The van der Waals surface area contributed by atoms with Crippen LogP contribution in [0.3, 0.4) is 0 Å². The second-order valence-corrected chi connectivity index (χ2v) is 10.6. The Bertz CT molecular complexity index is 1200. The van der Waals surface area contributed by atoms with Crippen molar-refractivity contribution in [3.63, 3.8) is 0 Å². The van der Waals surface area contributed by atoms with E-state index in [-0.39, 0.29) is 23.9 Å². The number of fused-ring (bicyclic) bond motifs is 1. The molecule has 0 saturated carbocycles. The Morgan fingerprint density at radius 1 is 1.05 bits per heavy atom. The summed E-state index contributed by atoms with van der Waals surface area (Å²) in [5, 5.41) is 2.78. The molecule has 1 atom stereocenters. The zero-order chi connectivity index (χ0) is 27.0. The van der Waals surface area contributed by atoms with Gasteiger partial charge in [-0.05, 0) is 50.1 Å². The number of carbonyl (C=O) groups is 2. The average Bonchev–Trinajstić information content (AvgIpc) is 2.91. The minimum atomic E-state index is -3.85. The maximum atomic E-state index is 13.8. The molecule has 2 aromatic rings. The second kappa shape index (κ2) is 12.7. The molecule has 202 valence electrons. The summed E-state index contributed by atoms with van der Waals surface area (Å²) in [7, 11) is -2.30. The van der Waals surface area contributed by atoms with Crippen LogP contribution in [0.5, 0.6) is 17.2 Å². The Morgan fingerprint density at radius 2 is 1.78 bits per heavy atom. The third-order valence-corrected chi connectivity index (χ3v) is 7.76. The quantitative estimate of drug-likeness (QED) is 0.446. The Hall–Kier alpha value is -3.47. The van der Waals surface area contributed by atoms with Gasteiger partial charge in [-0.2, -0.15) is 0 Å². The van der Waals surface area contributed by atoms with Crippen LogP contribution in [0, 0.1) is 0 Å². The largest absolute Gasteiger partial charge is 0.497 e. The van der Waals surface area contributed by atoms with Gasteiger partial charge >= 0.3 is 0 Å². The summed E-state index contributed by atoms with van der Waals surface area (Å²) in [6.45, 7) is 5.91. The van der Waals surface area contributed by atoms with E-state index >= 15 is 0 Å². The maximum Gasteiger partial charge on any atom is 0.244 e. The number of ether oxygens (including phenoxy) is 3. The van der Waals surface area contributed by atoms with Crippen LogP contribution in [0.15, 0.2) is 42.5 Å². The summed E-state index contributed by atoms with van der Waals surface area (Å²) in [4.78, 5) is 28.1. The number of likely N-dealkylation sites (N-methyl/N-ethyl adjacent to an activating group) is 1. The zero-order valence-corrected chi connectivity index (χ0v) is 22.5. The molecule has 0 unspecified atom stereocenters. The summed E-state index contributed by atoms with van der Waals surface area (Å²) in [5.41, 5.74) is 1.03. The van der Waals surface area contributed by atoms with Gasteiger partial charge in [0.1, 0.15) is 31.5 Å². The Labute approximate surface area is 218 Å². The highest BCUT2D eigenvalue weighted by Gasteiger charge is 2.32. The van der Waals surface area contributed by atoms with Crippen molar-refractivity contribution >= 4 is 27.5 Å². The van der Waals surface area contributed by atoms with E-state index in [2.05, 4.69) is 5.32 Å². The molecular weight excluding hydrogens is 498 g/mol. The molecule has 0 fully saturated rings. The Balaban J connectivity index is 1.98. The number of sulfonamides is 1. The first-order valence-electron chi connectivity index (χ1n) is 12.3. The fraction of sp³-hybridized carbons (Fsp3) is 0.462. The second-order valence-electron chi connectivity index (χ2n) is 8.43. The lowest BCUT2D eigenvalue weighted by Crippen LogP contribution is -2.52. The van der Waals surface area contributed by atoms with Crippen molar-refractivity contribution in [3.05, 3.63) is 48.0 Å². The SMILES string of the molecule is CCNC(=O)[C@@H](CC)N(Cc1cccc(OC)c1)C(=O)CN(c1ccc2c(c1)OCCO2)S(=O)(=O)CC. The minimum absolute atomic E-state index is 0.104. The highest BCUT2D eigenvalue weighted by Crippen LogP contribution is 2.35. The van der Waals surface area contributed by atoms with Crippen molar-refractivity contribution in [2.75, 3.05) is 43.5 Å². The van der Waals surface area contributed by atoms with Gasteiger partial charge in [0.25, 0.3) is 0 Å². The smallest absolute Gasteiger partial charge is 0.244 e. The van der Waals surface area contributed by atoms with Crippen LogP contribution >= 0.6 is 0 Å². The molecule has 11 heteroatoms. The molecule has 2 aromatic carbocycles. The fourth-order valence-electron chi connectivity index (χ4n) is 4.09. The fourth-order valence-corrected chi connectivity index (χ4v) is 5.14. The molecule has 1 aliphatic heterocycles. The van der Waals surface area contributed by atoms with Crippen LogP contribution in [0.2, 0.25) is 0 Å². The molecule has 0 aromatic heterocycles. The van der Waals surface area contributed by atoms with Gasteiger partial charge in [0.15, 0.2) is 11.5 Å². The lowest BCUT2D eigenvalue weighted by Gasteiger charge is -2.33. The van der Waals surface area contributed by atoms with Crippen molar-refractivity contribution in [2.24, 2.45) is 0 Å². The van der Waals surface area contributed by atoms with Gasteiger partial charge in [-0.1, -0.05) is 19.1 Å². The minimum Gasteiger partial charge on any atom is -0.497 e. The maximum absolute atomic E-state index is 13.8. The van der Waals surface area contributed by atoms with Crippen LogP contribution in [0.4, 0.5) is 5.69 Å². The van der Waals surface area contributed by atoms with E-state index in [9.17, 15) is 18.0 Å². The molecule has 0 radical (unpaired) electrons. The van der Waals surface area contributed by atoms with Crippen LogP contribution < -0.4 is 23.8 Å². The molecule has 10 nitrogen and oxygen atoms in total. The molecule has 0 bridgehead atoms. The monoisotopic (exact) mass is 533 g/mol. The molecule has 3 rings (SSSR count). The number of nitrogens with one attached hydrogen (secondary N) is 1. The van der Waals surface area contributed by atoms with Crippen LogP contribution in [0.1, 0.15) is 32.8 Å². The van der Waals surface area contributed by atoms with Crippen LogP contribution in [-0.4, -0.2) is 70.3 Å². The molecule has 37 heavy (non-hydrogen) atoms. The van der Waals surface area contributed by atoms with E-state index in [0.29, 0.717) is 43.4 Å². The van der Waals surface area contributed by atoms with E-state index in [1.807, 2.05) is 13.0 Å². The van der Waals surface area contributed by atoms with Crippen molar-refractivity contribution < 1.29 is 32.2 Å². The topological polar surface area (TPSA) is 114 Å². The summed E-state index contributed by atoms with van der Waals surface area (Å²) in [5.74, 6) is 0.519. The van der Waals surface area contributed by atoms with Crippen LogP contribution in [0.25, 0.3) is 0 Å². The van der Waals surface area contributed by atoms with Crippen molar-refractivity contribution in [1.29, 1.82) is 0 Å². The first-order chi connectivity index (χ1) is 17.7. The summed E-state index contributed by atoms with van der Waals surface area (Å²) in [6.07, 6.45) is 0.353. The molecule has 2 amide bonds. The Morgan fingerprint density at radius 3 is 2.43 bits per heavy atom. The number of rotatable bonds is 12. The zero-order valence-electron chi connectivity index (χ0n) is 21.7. The molecule has 0 saturated heterocycles. The number of amides is 2. The van der Waals surface area contributed by atoms with E-state index in [0.717, 1.165) is 9.87 Å². The average molecular weight is 534 g/mol. The van der Waals surface area contributed by atoms with Crippen molar-refractivity contribution in [3.8, 4) is 17.2 Å². The molecular formula is C26H35N3O7S. The predicted octanol–water partition coefficient (Wildman–Crippen LogP) is 2.57. The number of anilines is 1. The van der Waals surface area contributed by atoms with Gasteiger partial charge in [0.05, 0.1) is 18.6 Å². The lowest BCUT2D eigenvalue weighted by atomic mass is 10.1. The van der Waals surface area contributed by atoms with Gasteiger partial charge in [-0.25, -0.2) is 8.42 Å². The highest BCUT2D eigenvalue weighted by atomic mass is 32.2. The molecule has 1 aliphatic rings. The standard InChI is InChI=1S/C26H35N3O7S/c1-5-22(26(31)27-6-2)28(17-19-9-8-10-21(15-19)34-4)25(30)18-29(37(32,33)7-3)20-11-12-23-24(16-20)36-14-13-35-23/h8-12,15-16,22H,5-7,13-14,17-18H2,1-4H3,(H,27,31)/t22-/m1/s1. The summed E-state index contributed by atoms with van der Waals surface area (Å²) >= 11 is 0. The van der Waals surface area contributed by atoms with E-state index in [1.165, 1.54) is 11.8 Å². The number of nitrogens with zero attached hydrogens (tertiary/aromatic N) is 2. The van der Waals surface area contributed by atoms with E-state index in [4.69, 9.17) is 14.2 Å². The molecule has 0 aliphatic carbocycles. The van der Waals surface area contributed by atoms with Crippen molar-refractivity contribution in [2.45, 2.75) is 39.8 Å². The van der Waals surface area contributed by atoms with Gasteiger partial charge in [-0.15, -0.1) is 0 Å². The summed E-state index contributed by atoms with van der Waals surface area (Å²) in [6, 6.07) is 11.2. The third-order valence-electron chi connectivity index (χ3n) is 6.02. The van der Waals surface area contributed by atoms with Gasteiger partial charge in [0.2, 0.25) is 21.8 Å². The first-order valence-corrected chi connectivity index (χ1v) is 13.9. The molecule has 1 heterocycles. The van der Waals surface area contributed by atoms with Crippen LogP contribution in [-0.2, 0) is 26.2 Å². The number of hydrogen-bond donors (Lipinski definition) is 1. The van der Waals surface area contributed by atoms with E-state index < -0.39 is 28.5 Å². The Kier molecular flexibility index (Phi) is 9.62. The van der Waals surface area contributed by atoms with Crippen molar-refractivity contribution in [1.82, 2.24) is 10.2 Å². The van der Waals surface area contributed by atoms with Gasteiger partial charge < -0.3 is 24.4 Å². The van der Waals surface area contributed by atoms with E-state index in [1.54, 1.807) is 50.4 Å².